The van der Waals surface area contributed by atoms with Gasteiger partial charge >= 0.3 is 0 Å². The first kappa shape index (κ1) is 18.4. The smallest absolute Gasteiger partial charge is 0.240 e. The van der Waals surface area contributed by atoms with E-state index in [4.69, 9.17) is 4.74 Å². The maximum atomic E-state index is 13.3. The van der Waals surface area contributed by atoms with Crippen molar-refractivity contribution in [2.24, 2.45) is 0 Å². The second kappa shape index (κ2) is 7.86. The van der Waals surface area contributed by atoms with E-state index in [0.717, 1.165) is 23.8 Å². The summed E-state index contributed by atoms with van der Waals surface area (Å²) >= 11 is 1.67. The summed E-state index contributed by atoms with van der Waals surface area (Å²) in [6, 6.07) is 15.0. The predicted molar refractivity (Wildman–Crippen MR) is 96.7 cm³/mol. The minimum Gasteiger partial charge on any atom is -0.381 e. The first-order valence-corrected chi connectivity index (χ1v) is 10.4. The highest BCUT2D eigenvalue weighted by atomic mass is 32.2. The summed E-state index contributed by atoms with van der Waals surface area (Å²) in [6.45, 7) is 1.47. The van der Waals surface area contributed by atoms with E-state index >= 15 is 0 Å². The molecule has 1 N–H and O–H groups in total. The second-order valence-electron chi connectivity index (χ2n) is 5.99. The van der Waals surface area contributed by atoms with Gasteiger partial charge in [-0.1, -0.05) is 24.3 Å². The summed E-state index contributed by atoms with van der Waals surface area (Å²) in [5.41, 5.74) is 0. The molecule has 0 amide bonds. The van der Waals surface area contributed by atoms with Crippen LogP contribution in [0.5, 0.6) is 0 Å². The van der Waals surface area contributed by atoms with Crippen LogP contribution in [-0.2, 0) is 14.8 Å². The van der Waals surface area contributed by atoms with Crippen LogP contribution in [0.15, 0.2) is 64.4 Å². The average molecular weight is 381 g/mol. The van der Waals surface area contributed by atoms with Crippen LogP contribution in [0.3, 0.4) is 0 Å². The van der Waals surface area contributed by atoms with Gasteiger partial charge in [0.25, 0.3) is 0 Å². The van der Waals surface area contributed by atoms with Crippen molar-refractivity contribution in [3.05, 3.63) is 60.4 Å². The molecule has 0 atom stereocenters. The third-order valence-corrected chi connectivity index (χ3v) is 7.06. The van der Waals surface area contributed by atoms with Crippen LogP contribution in [0, 0.1) is 5.82 Å². The number of hydrogen-bond donors (Lipinski definition) is 1. The summed E-state index contributed by atoms with van der Waals surface area (Å²) in [5.74, 6) is -0.567. The summed E-state index contributed by atoms with van der Waals surface area (Å²) in [7, 11) is -3.76. The zero-order chi connectivity index (χ0) is 17.8. The van der Waals surface area contributed by atoms with Crippen molar-refractivity contribution in [3.8, 4) is 0 Å². The molecule has 0 unspecified atom stereocenters. The largest absolute Gasteiger partial charge is 0.381 e. The lowest BCUT2D eigenvalue weighted by atomic mass is 9.99. The first-order valence-electron chi connectivity index (χ1n) is 8.06. The molecule has 3 rings (SSSR count). The number of thioether (sulfide) groups is 1. The maximum Gasteiger partial charge on any atom is 0.240 e. The Balaban J connectivity index is 1.76. The van der Waals surface area contributed by atoms with Crippen LogP contribution in [-0.4, -0.2) is 32.9 Å². The van der Waals surface area contributed by atoms with Gasteiger partial charge in [0, 0.05) is 29.4 Å². The van der Waals surface area contributed by atoms with E-state index in [1.807, 2.05) is 30.3 Å². The van der Waals surface area contributed by atoms with Gasteiger partial charge in [0.15, 0.2) is 0 Å². The number of halogens is 1. The summed E-state index contributed by atoms with van der Waals surface area (Å²) in [5, 5.41) is 0. The number of benzene rings is 2. The van der Waals surface area contributed by atoms with E-state index in [0.29, 0.717) is 13.2 Å². The average Bonchev–Trinajstić information content (AvgIpc) is 2.62. The topological polar surface area (TPSA) is 55.4 Å². The quantitative estimate of drug-likeness (QED) is 0.833. The number of nitrogens with one attached hydrogen (secondary N) is 1. The Morgan fingerprint density at radius 2 is 1.80 bits per heavy atom. The third-order valence-electron chi connectivity index (χ3n) is 4.17. The Labute approximate surface area is 151 Å². The Morgan fingerprint density at radius 1 is 1.08 bits per heavy atom. The standard InChI is InChI=1S/C18H20FNO3S2/c19-15-5-4-8-17(13-15)25(21,22)20-14-18(9-11-23-12-10-18)24-16-6-2-1-3-7-16/h1-8,13,20H,9-12,14H2. The lowest BCUT2D eigenvalue weighted by molar-refractivity contribution is 0.0784. The third kappa shape index (κ3) is 4.82. The van der Waals surface area contributed by atoms with Gasteiger partial charge in [-0.15, -0.1) is 11.8 Å². The molecule has 134 valence electrons. The number of rotatable bonds is 6. The second-order valence-corrected chi connectivity index (χ2v) is 9.30. The van der Waals surface area contributed by atoms with Gasteiger partial charge in [-0.2, -0.15) is 0 Å². The molecular weight excluding hydrogens is 361 g/mol. The highest BCUT2D eigenvalue weighted by molar-refractivity contribution is 8.00. The Kier molecular flexibility index (Phi) is 5.78. The molecule has 4 nitrogen and oxygen atoms in total. The molecule has 1 saturated heterocycles. The van der Waals surface area contributed by atoms with Gasteiger partial charge in [0.1, 0.15) is 5.82 Å². The summed E-state index contributed by atoms with van der Waals surface area (Å²) in [4.78, 5) is 1.04. The van der Waals surface area contributed by atoms with E-state index in [1.54, 1.807) is 11.8 Å². The molecule has 0 bridgehead atoms. The Morgan fingerprint density at radius 3 is 2.48 bits per heavy atom. The van der Waals surface area contributed by atoms with E-state index in [9.17, 15) is 12.8 Å². The lowest BCUT2D eigenvalue weighted by Gasteiger charge is -2.36. The molecule has 2 aromatic carbocycles. The molecule has 1 heterocycles. The number of ether oxygens (including phenoxy) is 1. The van der Waals surface area contributed by atoms with E-state index in [1.165, 1.54) is 18.2 Å². The van der Waals surface area contributed by atoms with Crippen molar-refractivity contribution >= 4 is 21.8 Å². The fraction of sp³-hybridized carbons (Fsp3) is 0.333. The minimum absolute atomic E-state index is 0.0561. The molecule has 1 fully saturated rings. The van der Waals surface area contributed by atoms with Crippen molar-refractivity contribution in [2.75, 3.05) is 19.8 Å². The molecule has 1 aliphatic heterocycles. The Bertz CT molecular complexity index is 806. The van der Waals surface area contributed by atoms with Crippen LogP contribution in [0.1, 0.15) is 12.8 Å². The molecule has 0 aliphatic carbocycles. The predicted octanol–water partition coefficient (Wildman–Crippen LogP) is 3.45. The zero-order valence-electron chi connectivity index (χ0n) is 13.7. The first-order chi connectivity index (χ1) is 12.0. The molecule has 0 aromatic heterocycles. The van der Waals surface area contributed by atoms with Crippen molar-refractivity contribution in [2.45, 2.75) is 27.4 Å². The molecule has 0 radical (unpaired) electrons. The Hall–Kier alpha value is -1.41. The highest BCUT2D eigenvalue weighted by Gasteiger charge is 2.35. The van der Waals surface area contributed by atoms with E-state index in [-0.39, 0.29) is 16.2 Å². The van der Waals surface area contributed by atoms with Crippen LogP contribution in [0.4, 0.5) is 4.39 Å². The fourth-order valence-electron chi connectivity index (χ4n) is 2.74. The number of hydrogen-bond acceptors (Lipinski definition) is 4. The van der Waals surface area contributed by atoms with Crippen LogP contribution >= 0.6 is 11.8 Å². The van der Waals surface area contributed by atoms with Gasteiger partial charge in [-0.25, -0.2) is 17.5 Å². The zero-order valence-corrected chi connectivity index (χ0v) is 15.3. The van der Waals surface area contributed by atoms with Gasteiger partial charge in [0.05, 0.1) is 4.90 Å². The monoisotopic (exact) mass is 381 g/mol. The normalized spacial score (nSPS) is 17.3. The molecule has 7 heteroatoms. The molecule has 0 saturated carbocycles. The van der Waals surface area contributed by atoms with E-state index in [2.05, 4.69) is 4.72 Å². The van der Waals surface area contributed by atoms with Gasteiger partial charge in [-0.05, 0) is 43.2 Å². The summed E-state index contributed by atoms with van der Waals surface area (Å²) in [6.07, 6.45) is 1.50. The van der Waals surface area contributed by atoms with Crippen LogP contribution in [0.25, 0.3) is 0 Å². The fourth-order valence-corrected chi connectivity index (χ4v) is 5.30. The highest BCUT2D eigenvalue weighted by Crippen LogP contribution is 2.40. The van der Waals surface area contributed by atoms with E-state index < -0.39 is 15.8 Å². The van der Waals surface area contributed by atoms with Crippen molar-refractivity contribution in [1.82, 2.24) is 4.72 Å². The van der Waals surface area contributed by atoms with Crippen LogP contribution in [0.2, 0.25) is 0 Å². The molecule has 25 heavy (non-hydrogen) atoms. The van der Waals surface area contributed by atoms with Gasteiger partial charge in [-0.3, -0.25) is 0 Å². The molecule has 2 aromatic rings. The molecular formula is C18H20FNO3S2. The maximum absolute atomic E-state index is 13.3. The van der Waals surface area contributed by atoms with Crippen molar-refractivity contribution in [3.63, 3.8) is 0 Å². The summed E-state index contributed by atoms with van der Waals surface area (Å²) < 4.78 is 46.2. The van der Waals surface area contributed by atoms with Gasteiger partial charge < -0.3 is 4.74 Å². The number of sulfonamides is 1. The SMILES string of the molecule is O=S(=O)(NCC1(Sc2ccccc2)CCOCC1)c1cccc(F)c1. The van der Waals surface area contributed by atoms with Gasteiger partial charge in [0.2, 0.25) is 10.0 Å². The molecule has 1 aliphatic rings. The van der Waals surface area contributed by atoms with Crippen molar-refractivity contribution in [1.29, 1.82) is 0 Å². The lowest BCUT2D eigenvalue weighted by Crippen LogP contribution is -2.44. The molecule has 0 spiro atoms. The van der Waals surface area contributed by atoms with Crippen molar-refractivity contribution < 1.29 is 17.5 Å². The van der Waals surface area contributed by atoms with Crippen LogP contribution < -0.4 is 4.72 Å². The minimum atomic E-state index is -3.76.